The van der Waals surface area contributed by atoms with Gasteiger partial charge in [-0.25, -0.2) is 4.39 Å². The summed E-state index contributed by atoms with van der Waals surface area (Å²) in [6.45, 7) is 2.49. The second kappa shape index (κ2) is 7.95. The second-order valence-corrected chi connectivity index (χ2v) is 6.09. The van der Waals surface area contributed by atoms with E-state index in [1.165, 1.54) is 18.6 Å². The molecule has 1 saturated carbocycles. The number of halogens is 4. The summed E-state index contributed by atoms with van der Waals surface area (Å²) >= 11 is 0. The molecule has 0 N–H and O–H groups in total. The highest BCUT2D eigenvalue weighted by molar-refractivity contribution is 5.51. The van der Waals surface area contributed by atoms with Crippen molar-refractivity contribution in [2.75, 3.05) is 0 Å². The van der Waals surface area contributed by atoms with Crippen molar-refractivity contribution in [2.45, 2.75) is 57.9 Å². The summed E-state index contributed by atoms with van der Waals surface area (Å²) in [7, 11) is 0. The Hall–Kier alpha value is -1.36. The van der Waals surface area contributed by atoms with Gasteiger partial charge in [-0.1, -0.05) is 25.5 Å². The first kappa shape index (κ1) is 18.0. The molecule has 0 aliphatic heterocycles. The normalized spacial score (nSPS) is 22.7. The first-order valence-corrected chi connectivity index (χ1v) is 8.03. The molecule has 1 aliphatic carbocycles. The summed E-state index contributed by atoms with van der Waals surface area (Å²) in [6.07, 6.45) is 2.11. The SMILES string of the molecule is CCC1CCC(OCc2ccc(/C=C/C(F)(F)F)c(F)c2)CC1. The number of hydrogen-bond acceptors (Lipinski definition) is 1. The van der Waals surface area contributed by atoms with Crippen LogP contribution in [0.1, 0.15) is 50.2 Å². The van der Waals surface area contributed by atoms with Crippen LogP contribution in [0.2, 0.25) is 0 Å². The van der Waals surface area contributed by atoms with E-state index in [0.717, 1.165) is 37.7 Å². The standard InChI is InChI=1S/C18H22F4O/c1-2-13-4-7-16(8-5-13)23-12-14-3-6-15(17(19)11-14)9-10-18(20,21)22/h3,6,9-11,13,16H,2,4-5,7-8,12H2,1H3/b10-9+. The van der Waals surface area contributed by atoms with Crippen molar-refractivity contribution in [3.8, 4) is 0 Å². The smallest absolute Gasteiger partial charge is 0.374 e. The van der Waals surface area contributed by atoms with Crippen LogP contribution in [0.5, 0.6) is 0 Å². The fourth-order valence-corrected chi connectivity index (χ4v) is 2.90. The van der Waals surface area contributed by atoms with Crippen LogP contribution in [0.15, 0.2) is 24.3 Å². The third kappa shape index (κ3) is 5.98. The summed E-state index contributed by atoms with van der Waals surface area (Å²) in [6, 6.07) is 4.20. The number of rotatable bonds is 5. The fraction of sp³-hybridized carbons (Fsp3) is 0.556. The Kier molecular flexibility index (Phi) is 6.22. The van der Waals surface area contributed by atoms with E-state index in [9.17, 15) is 17.6 Å². The van der Waals surface area contributed by atoms with Crippen LogP contribution < -0.4 is 0 Å². The van der Waals surface area contributed by atoms with Gasteiger partial charge in [0.15, 0.2) is 0 Å². The average molecular weight is 330 g/mol. The summed E-state index contributed by atoms with van der Waals surface area (Å²) in [4.78, 5) is 0. The van der Waals surface area contributed by atoms with E-state index in [2.05, 4.69) is 6.92 Å². The maximum absolute atomic E-state index is 13.8. The van der Waals surface area contributed by atoms with E-state index < -0.39 is 12.0 Å². The van der Waals surface area contributed by atoms with Gasteiger partial charge in [0.05, 0.1) is 12.7 Å². The molecule has 128 valence electrons. The van der Waals surface area contributed by atoms with Crippen LogP contribution in [0, 0.1) is 11.7 Å². The molecule has 1 aliphatic rings. The van der Waals surface area contributed by atoms with Gasteiger partial charge in [-0.2, -0.15) is 13.2 Å². The minimum Gasteiger partial charge on any atom is -0.374 e. The number of hydrogen-bond donors (Lipinski definition) is 0. The molecule has 0 amide bonds. The summed E-state index contributed by atoms with van der Waals surface area (Å²) < 4.78 is 55.9. The number of benzene rings is 1. The lowest BCUT2D eigenvalue weighted by atomic mass is 9.86. The van der Waals surface area contributed by atoms with Crippen LogP contribution >= 0.6 is 0 Å². The molecule has 5 heteroatoms. The number of ether oxygens (including phenoxy) is 1. The largest absolute Gasteiger partial charge is 0.409 e. The highest BCUT2D eigenvalue weighted by Crippen LogP contribution is 2.29. The maximum Gasteiger partial charge on any atom is 0.409 e. The van der Waals surface area contributed by atoms with Crippen LogP contribution in [0.25, 0.3) is 6.08 Å². The van der Waals surface area contributed by atoms with Crippen molar-refractivity contribution in [2.24, 2.45) is 5.92 Å². The number of allylic oxidation sites excluding steroid dienone is 1. The van der Waals surface area contributed by atoms with E-state index in [1.54, 1.807) is 6.07 Å². The van der Waals surface area contributed by atoms with Gasteiger partial charge in [-0.05, 0) is 49.3 Å². The zero-order valence-corrected chi connectivity index (χ0v) is 13.2. The molecule has 1 aromatic carbocycles. The summed E-state index contributed by atoms with van der Waals surface area (Å²) in [5.74, 6) is 0.119. The highest BCUT2D eigenvalue weighted by Gasteiger charge is 2.22. The molecule has 23 heavy (non-hydrogen) atoms. The molecule has 0 heterocycles. The third-order valence-electron chi connectivity index (χ3n) is 4.37. The molecule has 0 saturated heterocycles. The van der Waals surface area contributed by atoms with Crippen molar-refractivity contribution in [3.63, 3.8) is 0 Å². The average Bonchev–Trinajstić information content (AvgIpc) is 2.51. The van der Waals surface area contributed by atoms with Gasteiger partial charge < -0.3 is 4.74 Å². The van der Waals surface area contributed by atoms with E-state index in [1.807, 2.05) is 0 Å². The molecular formula is C18H22F4O. The second-order valence-electron chi connectivity index (χ2n) is 6.09. The first-order chi connectivity index (χ1) is 10.9. The minimum atomic E-state index is -4.44. The van der Waals surface area contributed by atoms with E-state index >= 15 is 0 Å². The summed E-state index contributed by atoms with van der Waals surface area (Å²) in [5.41, 5.74) is 0.568. The predicted molar refractivity (Wildman–Crippen MR) is 82.3 cm³/mol. The Bertz CT molecular complexity index is 528. The lowest BCUT2D eigenvalue weighted by Crippen LogP contribution is -2.21. The highest BCUT2D eigenvalue weighted by atomic mass is 19.4. The van der Waals surface area contributed by atoms with Crippen molar-refractivity contribution in [1.29, 1.82) is 0 Å². The fourth-order valence-electron chi connectivity index (χ4n) is 2.90. The minimum absolute atomic E-state index is 0.0355. The van der Waals surface area contributed by atoms with Crippen molar-refractivity contribution >= 4 is 6.08 Å². The van der Waals surface area contributed by atoms with Gasteiger partial charge in [-0.15, -0.1) is 0 Å². The van der Waals surface area contributed by atoms with Gasteiger partial charge in [0, 0.05) is 11.6 Å². The molecule has 0 atom stereocenters. The lowest BCUT2D eigenvalue weighted by molar-refractivity contribution is -0.0790. The van der Waals surface area contributed by atoms with E-state index in [0.29, 0.717) is 12.2 Å². The molecule has 0 aromatic heterocycles. The Labute approximate surface area is 134 Å². The zero-order chi connectivity index (χ0) is 16.9. The van der Waals surface area contributed by atoms with Crippen LogP contribution in [-0.2, 0) is 11.3 Å². The van der Waals surface area contributed by atoms with E-state index in [4.69, 9.17) is 4.74 Å². The lowest BCUT2D eigenvalue weighted by Gasteiger charge is -2.27. The molecular weight excluding hydrogens is 308 g/mol. The topological polar surface area (TPSA) is 9.23 Å². The van der Waals surface area contributed by atoms with Gasteiger partial charge in [0.25, 0.3) is 0 Å². The van der Waals surface area contributed by atoms with E-state index in [-0.39, 0.29) is 17.7 Å². The van der Waals surface area contributed by atoms with Crippen LogP contribution in [-0.4, -0.2) is 12.3 Å². The molecule has 0 bridgehead atoms. The molecule has 2 rings (SSSR count). The van der Waals surface area contributed by atoms with Crippen LogP contribution in [0.3, 0.4) is 0 Å². The Morgan fingerprint density at radius 1 is 1.17 bits per heavy atom. The quantitative estimate of drug-likeness (QED) is 0.612. The number of alkyl halides is 3. The molecule has 1 fully saturated rings. The van der Waals surface area contributed by atoms with Crippen LogP contribution in [0.4, 0.5) is 17.6 Å². The van der Waals surface area contributed by atoms with Gasteiger partial charge in [0.2, 0.25) is 0 Å². The van der Waals surface area contributed by atoms with Gasteiger partial charge in [-0.3, -0.25) is 0 Å². The molecule has 0 spiro atoms. The zero-order valence-electron chi connectivity index (χ0n) is 13.2. The summed E-state index contributed by atoms with van der Waals surface area (Å²) in [5, 5.41) is 0. The van der Waals surface area contributed by atoms with Crippen molar-refractivity contribution < 1.29 is 22.3 Å². The van der Waals surface area contributed by atoms with Gasteiger partial charge >= 0.3 is 6.18 Å². The Morgan fingerprint density at radius 3 is 2.43 bits per heavy atom. The molecule has 0 unspecified atom stereocenters. The Morgan fingerprint density at radius 2 is 1.87 bits per heavy atom. The van der Waals surface area contributed by atoms with Gasteiger partial charge in [0.1, 0.15) is 5.82 Å². The van der Waals surface area contributed by atoms with Crippen molar-refractivity contribution in [3.05, 3.63) is 41.2 Å². The molecule has 1 aromatic rings. The molecule has 0 radical (unpaired) electrons. The predicted octanol–water partition coefficient (Wildman–Crippen LogP) is 5.89. The van der Waals surface area contributed by atoms with Crippen molar-refractivity contribution in [1.82, 2.24) is 0 Å². The first-order valence-electron chi connectivity index (χ1n) is 8.03. The maximum atomic E-state index is 13.8. The monoisotopic (exact) mass is 330 g/mol. The third-order valence-corrected chi connectivity index (χ3v) is 4.37. The Balaban J connectivity index is 1.87. The molecule has 1 nitrogen and oxygen atoms in total.